The van der Waals surface area contributed by atoms with E-state index < -0.39 is 0 Å². The Kier molecular flexibility index (Phi) is 6.61. The molecular formula is C12H16ClIO. The van der Waals surface area contributed by atoms with Crippen molar-refractivity contribution < 1.29 is 4.74 Å². The summed E-state index contributed by atoms with van der Waals surface area (Å²) in [4.78, 5) is 0. The third kappa shape index (κ3) is 4.29. The van der Waals surface area contributed by atoms with E-state index in [1.54, 1.807) is 0 Å². The first-order valence-corrected chi connectivity index (χ1v) is 7.12. The van der Waals surface area contributed by atoms with Gasteiger partial charge >= 0.3 is 0 Å². The molecule has 15 heavy (non-hydrogen) atoms. The Morgan fingerprint density at radius 1 is 1.40 bits per heavy atom. The summed E-state index contributed by atoms with van der Waals surface area (Å²) in [6, 6.07) is 7.91. The molecular weight excluding hydrogens is 322 g/mol. The average molecular weight is 339 g/mol. The molecule has 0 aliphatic carbocycles. The molecule has 1 atom stereocenters. The molecule has 0 saturated carbocycles. The highest BCUT2D eigenvalue weighted by Gasteiger charge is 2.12. The monoisotopic (exact) mass is 338 g/mol. The van der Waals surface area contributed by atoms with Gasteiger partial charge in [0.2, 0.25) is 0 Å². The van der Waals surface area contributed by atoms with Crippen LogP contribution in [0.15, 0.2) is 24.3 Å². The van der Waals surface area contributed by atoms with Gasteiger partial charge in [0.25, 0.3) is 0 Å². The van der Waals surface area contributed by atoms with Crippen molar-refractivity contribution in [2.75, 3.05) is 11.0 Å². The van der Waals surface area contributed by atoms with Crippen LogP contribution in [-0.4, -0.2) is 11.0 Å². The first kappa shape index (κ1) is 13.3. The summed E-state index contributed by atoms with van der Waals surface area (Å²) in [5.41, 5.74) is 1.10. The summed E-state index contributed by atoms with van der Waals surface area (Å²) in [6.45, 7) is 2.98. The second-order valence-electron chi connectivity index (χ2n) is 3.39. The van der Waals surface area contributed by atoms with Crippen LogP contribution in [0, 0.1) is 0 Å². The Morgan fingerprint density at radius 2 is 2.13 bits per heavy atom. The number of rotatable bonds is 6. The van der Waals surface area contributed by atoms with Crippen LogP contribution >= 0.6 is 34.2 Å². The van der Waals surface area contributed by atoms with Crippen molar-refractivity contribution in [1.29, 1.82) is 0 Å². The minimum Gasteiger partial charge on any atom is -0.373 e. The van der Waals surface area contributed by atoms with Gasteiger partial charge in [0.1, 0.15) is 0 Å². The van der Waals surface area contributed by atoms with Crippen molar-refractivity contribution >= 4 is 34.2 Å². The number of benzene rings is 1. The molecule has 0 heterocycles. The van der Waals surface area contributed by atoms with Gasteiger partial charge in [-0.25, -0.2) is 0 Å². The molecule has 0 N–H and O–H groups in total. The number of hydrogen-bond donors (Lipinski definition) is 0. The van der Waals surface area contributed by atoms with Gasteiger partial charge in [-0.1, -0.05) is 65.7 Å². The number of unbranched alkanes of at least 4 members (excludes halogenated alkanes) is 1. The number of hydrogen-bond acceptors (Lipinski definition) is 1. The second kappa shape index (κ2) is 7.47. The van der Waals surface area contributed by atoms with Crippen LogP contribution in [0.25, 0.3) is 0 Å². The smallest absolute Gasteiger partial charge is 0.0928 e. The molecule has 84 valence electrons. The van der Waals surface area contributed by atoms with E-state index in [0.717, 1.165) is 34.5 Å². The lowest BCUT2D eigenvalue weighted by molar-refractivity contribution is 0.0689. The van der Waals surface area contributed by atoms with Crippen molar-refractivity contribution in [3.63, 3.8) is 0 Å². The molecule has 0 aromatic heterocycles. The molecule has 1 nitrogen and oxygen atoms in total. The highest BCUT2D eigenvalue weighted by molar-refractivity contribution is 14.1. The van der Waals surface area contributed by atoms with Crippen LogP contribution in [0.4, 0.5) is 0 Å². The quantitative estimate of drug-likeness (QED) is 0.417. The lowest BCUT2D eigenvalue weighted by Crippen LogP contribution is -2.07. The Labute approximate surface area is 110 Å². The van der Waals surface area contributed by atoms with Crippen LogP contribution < -0.4 is 0 Å². The average Bonchev–Trinajstić information content (AvgIpc) is 2.26. The Hall–Kier alpha value is 0.200. The van der Waals surface area contributed by atoms with E-state index in [1.807, 2.05) is 24.3 Å². The number of ether oxygens (including phenoxy) is 1. The topological polar surface area (TPSA) is 9.23 Å². The van der Waals surface area contributed by atoms with Crippen LogP contribution in [0.3, 0.4) is 0 Å². The van der Waals surface area contributed by atoms with Crippen LogP contribution in [0.2, 0.25) is 5.02 Å². The molecule has 0 radical (unpaired) electrons. The molecule has 0 fully saturated rings. The Balaban J connectivity index is 2.61. The number of alkyl halides is 1. The van der Waals surface area contributed by atoms with E-state index in [2.05, 4.69) is 29.5 Å². The molecule has 1 unspecified atom stereocenters. The van der Waals surface area contributed by atoms with Crippen molar-refractivity contribution in [2.24, 2.45) is 0 Å². The van der Waals surface area contributed by atoms with E-state index >= 15 is 0 Å². The van der Waals surface area contributed by atoms with Gasteiger partial charge < -0.3 is 4.74 Å². The summed E-state index contributed by atoms with van der Waals surface area (Å²) in [5, 5.41) is 0.802. The zero-order chi connectivity index (χ0) is 11.1. The molecule has 0 aliphatic rings. The van der Waals surface area contributed by atoms with Gasteiger partial charge in [-0.15, -0.1) is 0 Å². The minimum atomic E-state index is 0.130. The Bertz CT molecular complexity index is 291. The van der Waals surface area contributed by atoms with Gasteiger partial charge in [-0.2, -0.15) is 0 Å². The molecule has 1 aromatic rings. The molecule has 0 spiro atoms. The molecule has 0 aliphatic heterocycles. The van der Waals surface area contributed by atoms with Crippen molar-refractivity contribution in [2.45, 2.75) is 25.9 Å². The van der Waals surface area contributed by atoms with Crippen LogP contribution in [0.1, 0.15) is 31.4 Å². The van der Waals surface area contributed by atoms with Crippen molar-refractivity contribution in [3.8, 4) is 0 Å². The maximum absolute atomic E-state index is 6.13. The number of halogens is 2. The first-order chi connectivity index (χ1) is 7.29. The van der Waals surface area contributed by atoms with Crippen molar-refractivity contribution in [1.82, 2.24) is 0 Å². The normalized spacial score (nSPS) is 12.7. The summed E-state index contributed by atoms with van der Waals surface area (Å²) in [6.07, 6.45) is 2.40. The first-order valence-electron chi connectivity index (χ1n) is 5.21. The van der Waals surface area contributed by atoms with Gasteiger partial charge in [-0.3, -0.25) is 0 Å². The highest BCUT2D eigenvalue weighted by atomic mass is 127. The van der Waals surface area contributed by atoms with Crippen LogP contribution in [-0.2, 0) is 4.74 Å². The Morgan fingerprint density at radius 3 is 2.73 bits per heavy atom. The fourth-order valence-corrected chi connectivity index (χ4v) is 2.31. The maximum Gasteiger partial charge on any atom is 0.0928 e. The fraction of sp³-hybridized carbons (Fsp3) is 0.500. The van der Waals surface area contributed by atoms with Gasteiger partial charge in [-0.05, 0) is 12.5 Å². The van der Waals surface area contributed by atoms with E-state index in [9.17, 15) is 0 Å². The van der Waals surface area contributed by atoms with E-state index in [1.165, 1.54) is 0 Å². The zero-order valence-corrected chi connectivity index (χ0v) is 11.8. The van der Waals surface area contributed by atoms with Gasteiger partial charge in [0, 0.05) is 21.6 Å². The highest BCUT2D eigenvalue weighted by Crippen LogP contribution is 2.27. The lowest BCUT2D eigenvalue weighted by Gasteiger charge is -2.16. The van der Waals surface area contributed by atoms with Gasteiger partial charge in [0.05, 0.1) is 6.10 Å². The molecule has 0 bridgehead atoms. The fourth-order valence-electron chi connectivity index (χ4n) is 1.32. The molecule has 1 rings (SSSR count). The molecule has 0 amide bonds. The van der Waals surface area contributed by atoms with Gasteiger partial charge in [0.15, 0.2) is 0 Å². The summed E-state index contributed by atoms with van der Waals surface area (Å²) in [7, 11) is 0. The SMILES string of the molecule is CCCCOC(CI)c1ccccc1Cl. The van der Waals surface area contributed by atoms with Crippen molar-refractivity contribution in [3.05, 3.63) is 34.9 Å². The summed E-state index contributed by atoms with van der Waals surface area (Å²) < 4.78 is 6.74. The second-order valence-corrected chi connectivity index (χ2v) is 4.68. The predicted octanol–water partition coefficient (Wildman–Crippen LogP) is 4.63. The molecule has 3 heteroatoms. The lowest BCUT2D eigenvalue weighted by atomic mass is 10.1. The maximum atomic E-state index is 6.13. The predicted molar refractivity (Wildman–Crippen MR) is 73.9 cm³/mol. The third-order valence-corrected chi connectivity index (χ3v) is 3.35. The summed E-state index contributed by atoms with van der Waals surface area (Å²) in [5.74, 6) is 0. The standard InChI is InChI=1S/C12H16ClIO/c1-2-3-8-15-12(9-14)10-6-4-5-7-11(10)13/h4-7,12H,2-3,8-9H2,1H3. The van der Waals surface area contributed by atoms with Crippen LogP contribution in [0.5, 0.6) is 0 Å². The van der Waals surface area contributed by atoms with E-state index in [4.69, 9.17) is 16.3 Å². The molecule has 0 saturated heterocycles. The molecule has 1 aromatic carbocycles. The third-order valence-electron chi connectivity index (χ3n) is 2.21. The zero-order valence-electron chi connectivity index (χ0n) is 8.88. The van der Waals surface area contributed by atoms with E-state index in [-0.39, 0.29) is 6.10 Å². The minimum absolute atomic E-state index is 0.130. The van der Waals surface area contributed by atoms with E-state index in [0.29, 0.717) is 0 Å². The largest absolute Gasteiger partial charge is 0.373 e. The summed E-state index contributed by atoms with van der Waals surface area (Å²) >= 11 is 8.46.